The summed E-state index contributed by atoms with van der Waals surface area (Å²) in [5.41, 5.74) is 0.818. The first-order valence-corrected chi connectivity index (χ1v) is 11.1. The molecule has 1 heterocycles. The third-order valence-corrected chi connectivity index (χ3v) is 7.57. The fraction of sp³-hybridized carbons (Fsp3) is 0.500. The van der Waals surface area contributed by atoms with Crippen molar-refractivity contribution in [2.45, 2.75) is 50.8 Å². The van der Waals surface area contributed by atoms with E-state index < -0.39 is 15.3 Å². The van der Waals surface area contributed by atoms with E-state index in [4.69, 9.17) is 0 Å². The zero-order valence-corrected chi connectivity index (χ0v) is 16.1. The summed E-state index contributed by atoms with van der Waals surface area (Å²) in [6.07, 6.45) is 2.82. The van der Waals surface area contributed by atoms with Crippen molar-refractivity contribution < 1.29 is 13.2 Å². The average Bonchev–Trinajstić information content (AvgIpc) is 3.02. The van der Waals surface area contributed by atoms with Crippen LogP contribution in [0.3, 0.4) is 0 Å². The molecule has 5 nitrogen and oxygen atoms in total. The molecule has 1 aliphatic carbocycles. The maximum Gasteiger partial charge on any atom is 0.227 e. The molecule has 0 saturated heterocycles. The molecule has 1 amide bonds. The standard InChI is InChI=1S/C18H24N2O3S2/c1-12(2)25(22,23)20-15-5-3-13(4-6-15)18(21)19-16-7-8-17-14(11-16)9-10-24-17/h7-13,15,20H,3-6H2,1-2H3,(H,19,21). The van der Waals surface area contributed by atoms with Crippen molar-refractivity contribution in [1.82, 2.24) is 4.72 Å². The molecule has 1 fully saturated rings. The predicted octanol–water partition coefficient (Wildman–Crippen LogP) is 3.73. The van der Waals surface area contributed by atoms with Crippen LogP contribution in [0, 0.1) is 5.92 Å². The largest absolute Gasteiger partial charge is 0.326 e. The van der Waals surface area contributed by atoms with Crippen molar-refractivity contribution in [2.24, 2.45) is 5.92 Å². The molecular weight excluding hydrogens is 356 g/mol. The monoisotopic (exact) mass is 380 g/mol. The number of fused-ring (bicyclic) bond motifs is 1. The molecule has 0 unspecified atom stereocenters. The van der Waals surface area contributed by atoms with Gasteiger partial charge in [0.2, 0.25) is 15.9 Å². The van der Waals surface area contributed by atoms with E-state index >= 15 is 0 Å². The molecule has 0 bridgehead atoms. The van der Waals surface area contributed by atoms with Gasteiger partial charge in [-0.25, -0.2) is 13.1 Å². The lowest BCUT2D eigenvalue weighted by Crippen LogP contribution is -2.42. The fourth-order valence-electron chi connectivity index (χ4n) is 3.13. The lowest BCUT2D eigenvalue weighted by molar-refractivity contribution is -0.120. The Balaban J connectivity index is 1.54. The quantitative estimate of drug-likeness (QED) is 0.830. The Hall–Kier alpha value is -1.44. The molecule has 1 aromatic heterocycles. The zero-order valence-electron chi connectivity index (χ0n) is 14.5. The van der Waals surface area contributed by atoms with Crippen LogP contribution >= 0.6 is 11.3 Å². The number of nitrogens with one attached hydrogen (secondary N) is 2. The number of sulfonamides is 1. The van der Waals surface area contributed by atoms with Gasteiger partial charge in [0.15, 0.2) is 0 Å². The first-order valence-electron chi connectivity index (χ1n) is 8.64. The molecule has 7 heteroatoms. The Morgan fingerprint density at radius 2 is 1.88 bits per heavy atom. The van der Waals surface area contributed by atoms with Gasteiger partial charge in [-0.05, 0) is 74.6 Å². The van der Waals surface area contributed by atoms with Crippen LogP contribution in [0.5, 0.6) is 0 Å². The third-order valence-electron chi connectivity index (χ3n) is 4.77. The predicted molar refractivity (Wildman–Crippen MR) is 103 cm³/mol. The van der Waals surface area contributed by atoms with Crippen molar-refractivity contribution in [3.05, 3.63) is 29.6 Å². The summed E-state index contributed by atoms with van der Waals surface area (Å²) in [5.74, 6) is -0.0299. The Kier molecular flexibility index (Phi) is 5.46. The van der Waals surface area contributed by atoms with E-state index in [2.05, 4.69) is 10.0 Å². The minimum Gasteiger partial charge on any atom is -0.326 e. The van der Waals surface area contributed by atoms with Crippen LogP contribution in [0.15, 0.2) is 29.6 Å². The maximum atomic E-state index is 12.5. The molecule has 2 aromatic rings. The molecule has 0 radical (unpaired) electrons. The minimum atomic E-state index is -3.25. The van der Waals surface area contributed by atoms with Crippen LogP contribution in [0.25, 0.3) is 10.1 Å². The topological polar surface area (TPSA) is 75.3 Å². The van der Waals surface area contributed by atoms with Crippen molar-refractivity contribution in [2.75, 3.05) is 5.32 Å². The van der Waals surface area contributed by atoms with Crippen LogP contribution in [-0.4, -0.2) is 25.6 Å². The number of thiophene rings is 1. The summed E-state index contributed by atoms with van der Waals surface area (Å²) in [4.78, 5) is 12.5. The van der Waals surface area contributed by atoms with E-state index in [-0.39, 0.29) is 17.9 Å². The highest BCUT2D eigenvalue weighted by Gasteiger charge is 2.29. The highest BCUT2D eigenvalue weighted by molar-refractivity contribution is 7.90. The first kappa shape index (κ1) is 18.4. The molecular formula is C18H24N2O3S2. The number of rotatable bonds is 5. The first-order chi connectivity index (χ1) is 11.8. The lowest BCUT2D eigenvalue weighted by atomic mass is 9.86. The zero-order chi connectivity index (χ0) is 18.0. The maximum absolute atomic E-state index is 12.5. The number of hydrogen-bond acceptors (Lipinski definition) is 4. The van der Waals surface area contributed by atoms with Crippen molar-refractivity contribution >= 4 is 43.0 Å². The number of carbonyl (C=O) groups is 1. The van der Waals surface area contributed by atoms with E-state index in [0.717, 1.165) is 11.1 Å². The summed E-state index contributed by atoms with van der Waals surface area (Å²) in [5, 5.41) is 5.74. The molecule has 1 saturated carbocycles. The average molecular weight is 381 g/mol. The molecule has 3 rings (SSSR count). The van der Waals surface area contributed by atoms with E-state index in [1.807, 2.05) is 29.6 Å². The molecule has 136 valence electrons. The van der Waals surface area contributed by atoms with E-state index in [1.54, 1.807) is 25.2 Å². The molecule has 1 aliphatic rings. The fourth-order valence-corrected chi connectivity index (χ4v) is 4.87. The van der Waals surface area contributed by atoms with Gasteiger partial charge in [0, 0.05) is 22.3 Å². The van der Waals surface area contributed by atoms with Gasteiger partial charge in [-0.1, -0.05) is 0 Å². The SMILES string of the molecule is CC(C)S(=O)(=O)NC1CCC(C(=O)Nc2ccc3sccc3c2)CC1. The molecule has 25 heavy (non-hydrogen) atoms. The van der Waals surface area contributed by atoms with Gasteiger partial charge in [-0.15, -0.1) is 11.3 Å². The van der Waals surface area contributed by atoms with Gasteiger partial charge in [0.05, 0.1) is 5.25 Å². The minimum absolute atomic E-state index is 0.0275. The van der Waals surface area contributed by atoms with E-state index in [9.17, 15) is 13.2 Å². The molecule has 0 spiro atoms. The number of anilines is 1. The van der Waals surface area contributed by atoms with E-state index in [0.29, 0.717) is 25.7 Å². The summed E-state index contributed by atoms with van der Waals surface area (Å²) >= 11 is 1.68. The second kappa shape index (κ2) is 7.43. The second-order valence-corrected chi connectivity index (χ2v) is 10.1. The summed E-state index contributed by atoms with van der Waals surface area (Å²) in [6.45, 7) is 3.34. The van der Waals surface area contributed by atoms with Gasteiger partial charge in [0.1, 0.15) is 0 Å². The molecule has 1 aromatic carbocycles. The number of benzene rings is 1. The van der Waals surface area contributed by atoms with Gasteiger partial charge in [-0.2, -0.15) is 0 Å². The third kappa shape index (κ3) is 4.40. The number of amides is 1. The van der Waals surface area contributed by atoms with Gasteiger partial charge < -0.3 is 5.32 Å². The summed E-state index contributed by atoms with van der Waals surface area (Å²) in [6, 6.07) is 7.93. The number of carbonyl (C=O) groups excluding carboxylic acids is 1. The van der Waals surface area contributed by atoms with Crippen LogP contribution in [0.2, 0.25) is 0 Å². The van der Waals surface area contributed by atoms with Crippen molar-refractivity contribution in [3.63, 3.8) is 0 Å². The second-order valence-electron chi connectivity index (χ2n) is 6.92. The van der Waals surface area contributed by atoms with E-state index in [1.165, 1.54) is 4.70 Å². The van der Waals surface area contributed by atoms with Crippen LogP contribution in [0.4, 0.5) is 5.69 Å². The smallest absolute Gasteiger partial charge is 0.227 e. The molecule has 0 atom stereocenters. The van der Waals surface area contributed by atoms with Gasteiger partial charge in [-0.3, -0.25) is 4.79 Å². The Labute approximate surface area is 152 Å². The van der Waals surface area contributed by atoms with Crippen LogP contribution in [-0.2, 0) is 14.8 Å². The Bertz CT molecular complexity index is 850. The van der Waals surface area contributed by atoms with Crippen molar-refractivity contribution in [1.29, 1.82) is 0 Å². The lowest BCUT2D eigenvalue weighted by Gasteiger charge is -2.28. The summed E-state index contributed by atoms with van der Waals surface area (Å²) in [7, 11) is -3.25. The Morgan fingerprint density at radius 1 is 1.16 bits per heavy atom. The highest BCUT2D eigenvalue weighted by atomic mass is 32.2. The highest BCUT2D eigenvalue weighted by Crippen LogP contribution is 2.28. The molecule has 2 N–H and O–H groups in total. The summed E-state index contributed by atoms with van der Waals surface area (Å²) < 4.78 is 27.9. The Morgan fingerprint density at radius 3 is 2.56 bits per heavy atom. The van der Waals surface area contributed by atoms with Gasteiger partial charge in [0.25, 0.3) is 0 Å². The van der Waals surface area contributed by atoms with Crippen LogP contribution in [0.1, 0.15) is 39.5 Å². The molecule has 0 aliphatic heterocycles. The van der Waals surface area contributed by atoms with Crippen LogP contribution < -0.4 is 10.0 Å². The van der Waals surface area contributed by atoms with Crippen molar-refractivity contribution in [3.8, 4) is 0 Å². The number of hydrogen-bond donors (Lipinski definition) is 2. The van der Waals surface area contributed by atoms with Gasteiger partial charge >= 0.3 is 0 Å². The normalized spacial score (nSPS) is 21.6.